The van der Waals surface area contributed by atoms with Crippen LogP contribution < -0.4 is 25.8 Å². The molecular weight excluding hydrogens is 428 g/mol. The van der Waals surface area contributed by atoms with Crippen molar-refractivity contribution in [3.05, 3.63) is 89.5 Å². The minimum Gasteiger partial charge on any atom is -0.493 e. The minimum atomic E-state index is -0.207. The fourth-order valence-corrected chi connectivity index (χ4v) is 3.49. The number of benzene rings is 3. The van der Waals surface area contributed by atoms with Crippen molar-refractivity contribution in [2.24, 2.45) is 5.73 Å². The summed E-state index contributed by atoms with van der Waals surface area (Å²) in [4.78, 5) is 12.1. The Morgan fingerprint density at radius 3 is 2.41 bits per heavy atom. The van der Waals surface area contributed by atoms with Gasteiger partial charge in [0.1, 0.15) is 12.4 Å². The molecule has 0 saturated carbocycles. The van der Waals surface area contributed by atoms with Gasteiger partial charge in [0.15, 0.2) is 11.5 Å². The fourth-order valence-electron chi connectivity index (χ4n) is 3.49. The average Bonchev–Trinajstić information content (AvgIpc) is 2.86. The molecule has 1 amide bonds. The average molecular weight is 461 g/mol. The topological polar surface area (TPSA) is 109 Å². The molecule has 7 heteroatoms. The van der Waals surface area contributed by atoms with E-state index in [1.807, 2.05) is 67.6 Å². The molecule has 5 N–H and O–H groups in total. The maximum absolute atomic E-state index is 12.1. The number of ether oxygens (including phenoxy) is 2. The molecule has 0 radical (unpaired) electrons. The second-order valence-corrected chi connectivity index (χ2v) is 7.93. The highest BCUT2D eigenvalue weighted by Gasteiger charge is 2.16. The Balaban J connectivity index is 1.80. The van der Waals surface area contributed by atoms with Gasteiger partial charge in [0.05, 0.1) is 13.2 Å². The molecule has 0 aromatic heterocycles. The van der Waals surface area contributed by atoms with Crippen LogP contribution in [-0.4, -0.2) is 25.4 Å². The molecule has 0 fully saturated rings. The lowest BCUT2D eigenvalue weighted by molar-refractivity contribution is -0.121. The van der Waals surface area contributed by atoms with Crippen molar-refractivity contribution in [2.75, 3.05) is 19.0 Å². The highest BCUT2D eigenvalue weighted by Crippen LogP contribution is 2.32. The maximum atomic E-state index is 12.1. The van der Waals surface area contributed by atoms with Gasteiger partial charge in [0, 0.05) is 24.2 Å². The van der Waals surface area contributed by atoms with E-state index < -0.39 is 0 Å². The molecule has 1 unspecified atom stereocenters. The van der Waals surface area contributed by atoms with E-state index in [4.69, 9.17) is 20.6 Å². The number of nitrogens with one attached hydrogen (secondary N) is 3. The molecule has 34 heavy (non-hydrogen) atoms. The molecule has 0 aliphatic heterocycles. The minimum absolute atomic E-state index is 0.0102. The van der Waals surface area contributed by atoms with Crippen molar-refractivity contribution in [2.45, 2.75) is 32.4 Å². The van der Waals surface area contributed by atoms with E-state index in [0.717, 1.165) is 23.2 Å². The van der Waals surface area contributed by atoms with Gasteiger partial charge in [0.2, 0.25) is 5.91 Å². The van der Waals surface area contributed by atoms with Gasteiger partial charge < -0.3 is 25.8 Å². The first-order valence-electron chi connectivity index (χ1n) is 11.3. The first-order chi connectivity index (χ1) is 16.5. The maximum Gasteiger partial charge on any atom is 0.220 e. The second kappa shape index (κ2) is 12.3. The summed E-state index contributed by atoms with van der Waals surface area (Å²) in [5.41, 5.74) is 9.08. The number of carbonyl (C=O) groups excluding carboxylic acids is 1. The molecule has 3 aromatic carbocycles. The number of carbonyl (C=O) groups is 1. The van der Waals surface area contributed by atoms with E-state index in [2.05, 4.69) is 10.6 Å². The summed E-state index contributed by atoms with van der Waals surface area (Å²) in [6, 6.07) is 22.8. The van der Waals surface area contributed by atoms with Crippen LogP contribution in [-0.2, 0) is 11.4 Å². The molecule has 3 aromatic rings. The van der Waals surface area contributed by atoms with Crippen LogP contribution in [0.5, 0.6) is 11.5 Å². The highest BCUT2D eigenvalue weighted by molar-refractivity contribution is 5.95. The summed E-state index contributed by atoms with van der Waals surface area (Å²) in [5.74, 6) is 1.29. The largest absolute Gasteiger partial charge is 0.493 e. The van der Waals surface area contributed by atoms with E-state index in [-0.39, 0.29) is 17.8 Å². The van der Waals surface area contributed by atoms with Crippen LogP contribution in [0.25, 0.3) is 0 Å². The van der Waals surface area contributed by atoms with Gasteiger partial charge in [0.25, 0.3) is 0 Å². The highest BCUT2D eigenvalue weighted by atomic mass is 16.5. The zero-order chi connectivity index (χ0) is 24.3. The van der Waals surface area contributed by atoms with Crippen molar-refractivity contribution in [1.29, 1.82) is 5.41 Å². The van der Waals surface area contributed by atoms with Gasteiger partial charge in [-0.25, -0.2) is 0 Å². The second-order valence-electron chi connectivity index (χ2n) is 7.93. The van der Waals surface area contributed by atoms with E-state index in [1.54, 1.807) is 19.2 Å². The lowest BCUT2D eigenvalue weighted by atomic mass is 10.0. The monoisotopic (exact) mass is 460 g/mol. The third-order valence-corrected chi connectivity index (χ3v) is 5.34. The first kappa shape index (κ1) is 24.6. The Morgan fingerprint density at radius 1 is 1.03 bits per heavy atom. The van der Waals surface area contributed by atoms with Crippen molar-refractivity contribution >= 4 is 17.4 Å². The van der Waals surface area contributed by atoms with Gasteiger partial charge in [-0.05, 0) is 53.9 Å². The lowest BCUT2D eigenvalue weighted by Crippen LogP contribution is -2.31. The molecule has 3 rings (SSSR count). The molecule has 0 spiro atoms. The molecule has 178 valence electrons. The Kier molecular flexibility index (Phi) is 8.91. The number of rotatable bonds is 12. The predicted octanol–water partition coefficient (Wildman–Crippen LogP) is 4.63. The molecule has 0 saturated heterocycles. The molecule has 0 aliphatic rings. The smallest absolute Gasteiger partial charge is 0.220 e. The predicted molar refractivity (Wildman–Crippen MR) is 136 cm³/mol. The van der Waals surface area contributed by atoms with E-state index in [9.17, 15) is 4.79 Å². The molecule has 0 bridgehead atoms. The summed E-state index contributed by atoms with van der Waals surface area (Å²) in [5, 5.41) is 14.0. The summed E-state index contributed by atoms with van der Waals surface area (Å²) in [6.45, 7) is 2.82. The number of amides is 1. The third kappa shape index (κ3) is 7.00. The number of nitrogens with two attached hydrogens (primary N) is 1. The summed E-state index contributed by atoms with van der Waals surface area (Å²) in [6.07, 6.45) is 1.27. The van der Waals surface area contributed by atoms with Crippen LogP contribution in [0.1, 0.15) is 42.5 Å². The van der Waals surface area contributed by atoms with Gasteiger partial charge >= 0.3 is 0 Å². The molecule has 1 atom stereocenters. The Morgan fingerprint density at radius 2 is 1.76 bits per heavy atom. The van der Waals surface area contributed by atoms with Crippen LogP contribution in [0.15, 0.2) is 72.8 Å². The van der Waals surface area contributed by atoms with Crippen molar-refractivity contribution in [1.82, 2.24) is 5.32 Å². The summed E-state index contributed by atoms with van der Waals surface area (Å²) in [7, 11) is 1.61. The van der Waals surface area contributed by atoms with Crippen molar-refractivity contribution in [3.63, 3.8) is 0 Å². The van der Waals surface area contributed by atoms with Crippen LogP contribution in [0, 0.1) is 5.41 Å². The molecule has 7 nitrogen and oxygen atoms in total. The standard InChI is InChI=1S/C27H32N4O3/c1-3-7-26(32)30-17-23(31-22-13-10-20(11-14-22)27(28)29)21-12-15-24(25(16-21)33-2)34-18-19-8-5-4-6-9-19/h4-6,8-16,23,31H,3,7,17-18H2,1-2H3,(H3,28,29)(H,30,32). The summed E-state index contributed by atoms with van der Waals surface area (Å²) < 4.78 is 11.6. The van der Waals surface area contributed by atoms with Crippen LogP contribution in [0.2, 0.25) is 0 Å². The number of nitrogen functional groups attached to an aromatic ring is 1. The van der Waals surface area contributed by atoms with E-state index in [1.165, 1.54) is 0 Å². The summed E-state index contributed by atoms with van der Waals surface area (Å²) >= 11 is 0. The zero-order valence-corrected chi connectivity index (χ0v) is 19.6. The van der Waals surface area contributed by atoms with Crippen molar-refractivity contribution < 1.29 is 14.3 Å². The van der Waals surface area contributed by atoms with Gasteiger partial charge in [-0.2, -0.15) is 0 Å². The number of methoxy groups -OCH3 is 1. The Labute approximate surface area is 200 Å². The lowest BCUT2D eigenvalue weighted by Gasteiger charge is -2.22. The quantitative estimate of drug-likeness (QED) is 0.233. The van der Waals surface area contributed by atoms with E-state index >= 15 is 0 Å². The van der Waals surface area contributed by atoms with Gasteiger partial charge in [-0.1, -0.05) is 43.3 Å². The SMILES string of the molecule is CCCC(=O)NCC(Nc1ccc(C(=N)N)cc1)c1ccc(OCc2ccccc2)c(OC)c1. The number of hydrogen-bond donors (Lipinski definition) is 4. The van der Waals surface area contributed by atoms with E-state index in [0.29, 0.717) is 36.6 Å². The number of anilines is 1. The zero-order valence-electron chi connectivity index (χ0n) is 19.6. The van der Waals surface area contributed by atoms with Crippen LogP contribution in [0.4, 0.5) is 5.69 Å². The third-order valence-electron chi connectivity index (χ3n) is 5.34. The Bertz CT molecular complexity index is 1080. The van der Waals surface area contributed by atoms with Crippen LogP contribution in [0.3, 0.4) is 0 Å². The number of hydrogen-bond acceptors (Lipinski definition) is 5. The molecular formula is C27H32N4O3. The Hall–Kier alpha value is -4.00. The van der Waals surface area contributed by atoms with Gasteiger partial charge in [-0.3, -0.25) is 10.2 Å². The fraction of sp³-hybridized carbons (Fsp3) is 0.259. The molecule has 0 heterocycles. The van der Waals surface area contributed by atoms with Crippen LogP contribution >= 0.6 is 0 Å². The molecule has 0 aliphatic carbocycles. The normalized spacial score (nSPS) is 11.4. The van der Waals surface area contributed by atoms with Gasteiger partial charge in [-0.15, -0.1) is 0 Å². The van der Waals surface area contributed by atoms with Crippen molar-refractivity contribution in [3.8, 4) is 11.5 Å². The first-order valence-corrected chi connectivity index (χ1v) is 11.3. The number of amidine groups is 1.